The molecule has 1 atom stereocenters. The van der Waals surface area contributed by atoms with Crippen molar-refractivity contribution in [3.05, 3.63) is 0 Å². The number of nitrogens with zero attached hydrogens (tertiary/aromatic N) is 1. The van der Waals surface area contributed by atoms with Crippen LogP contribution in [0.1, 0.15) is 111 Å². The first-order valence-electron chi connectivity index (χ1n) is 12.6. The maximum absolute atomic E-state index is 13.5. The van der Waals surface area contributed by atoms with Gasteiger partial charge in [-0.2, -0.15) is 0 Å². The SMILES string of the molecule is CC1(C)CC2(CC(C)(C)N1CC(O)CO)OC1(CCCCCCCCCCC1)NC2=O. The molecule has 3 aliphatic rings. The van der Waals surface area contributed by atoms with Crippen LogP contribution in [0.2, 0.25) is 0 Å². The summed E-state index contributed by atoms with van der Waals surface area (Å²) in [5.41, 5.74) is -2.04. The second-order valence-electron chi connectivity index (χ2n) is 11.7. The van der Waals surface area contributed by atoms with Crippen LogP contribution >= 0.6 is 0 Å². The van der Waals surface area contributed by atoms with Gasteiger partial charge >= 0.3 is 0 Å². The number of piperidine rings is 1. The van der Waals surface area contributed by atoms with Crippen molar-refractivity contribution in [2.24, 2.45) is 0 Å². The van der Waals surface area contributed by atoms with Crippen molar-refractivity contribution in [2.45, 2.75) is 140 Å². The molecule has 6 heteroatoms. The molecule has 6 nitrogen and oxygen atoms in total. The average molecular weight is 439 g/mol. The maximum atomic E-state index is 13.5. The minimum absolute atomic E-state index is 0.0445. The van der Waals surface area contributed by atoms with E-state index in [1.807, 2.05) is 0 Å². The van der Waals surface area contributed by atoms with Gasteiger partial charge in [0.1, 0.15) is 5.72 Å². The lowest BCUT2D eigenvalue weighted by atomic mass is 9.70. The molecule has 2 heterocycles. The van der Waals surface area contributed by atoms with E-state index in [0.29, 0.717) is 19.4 Å². The number of hydrogen-bond acceptors (Lipinski definition) is 5. The standard InChI is InChI=1S/C25H46N2O4/c1-22(2)18-24(19-23(3,4)27(22)16-20(29)17-28)21(30)26-25(31-24)14-12-10-8-6-5-7-9-11-13-15-25/h20,28-29H,5-19H2,1-4H3,(H,26,30). The molecule has 2 spiro atoms. The van der Waals surface area contributed by atoms with Crippen LogP contribution in [0.15, 0.2) is 0 Å². The highest BCUT2D eigenvalue weighted by Gasteiger charge is 2.63. The lowest BCUT2D eigenvalue weighted by Gasteiger charge is -2.58. The third-order valence-corrected chi connectivity index (χ3v) is 7.81. The lowest BCUT2D eigenvalue weighted by Crippen LogP contribution is -2.68. The third-order valence-electron chi connectivity index (χ3n) is 7.81. The summed E-state index contributed by atoms with van der Waals surface area (Å²) >= 11 is 0. The van der Waals surface area contributed by atoms with Crippen LogP contribution in [0.25, 0.3) is 0 Å². The highest BCUT2D eigenvalue weighted by molar-refractivity contribution is 5.88. The number of hydrogen-bond donors (Lipinski definition) is 3. The molecule has 2 aliphatic heterocycles. The van der Waals surface area contributed by atoms with Gasteiger partial charge in [-0.1, -0.05) is 44.9 Å². The Labute approximate surface area is 189 Å². The molecule has 0 aromatic carbocycles. The van der Waals surface area contributed by atoms with Crippen molar-refractivity contribution in [1.82, 2.24) is 10.2 Å². The molecule has 0 bridgehead atoms. The van der Waals surface area contributed by atoms with Crippen molar-refractivity contribution in [2.75, 3.05) is 13.2 Å². The summed E-state index contributed by atoms with van der Waals surface area (Å²) in [6.07, 6.45) is 13.3. The van der Waals surface area contributed by atoms with Crippen molar-refractivity contribution in [3.63, 3.8) is 0 Å². The van der Waals surface area contributed by atoms with Gasteiger partial charge in [-0.05, 0) is 53.4 Å². The number of β-amino-alcohol motifs (C(OH)–C–C–N with tert-alkyl or cyclic N) is 1. The Morgan fingerprint density at radius 1 is 0.903 bits per heavy atom. The second kappa shape index (κ2) is 9.66. The van der Waals surface area contributed by atoms with E-state index in [0.717, 1.165) is 25.7 Å². The Balaban J connectivity index is 1.80. The van der Waals surface area contributed by atoms with E-state index in [1.165, 1.54) is 44.9 Å². The first kappa shape index (κ1) is 24.9. The van der Waals surface area contributed by atoms with Gasteiger partial charge in [0, 0.05) is 30.5 Å². The fourth-order valence-corrected chi connectivity index (χ4v) is 6.64. The summed E-state index contributed by atoms with van der Waals surface area (Å²) in [6.45, 7) is 8.64. The molecule has 3 rings (SSSR count). The fourth-order valence-electron chi connectivity index (χ4n) is 6.64. The van der Waals surface area contributed by atoms with Gasteiger partial charge in [0.15, 0.2) is 5.60 Å². The van der Waals surface area contributed by atoms with E-state index in [4.69, 9.17) is 4.74 Å². The molecule has 31 heavy (non-hydrogen) atoms. The molecule has 1 aliphatic carbocycles. The largest absolute Gasteiger partial charge is 0.394 e. The number of carbonyl (C=O) groups is 1. The highest BCUT2D eigenvalue weighted by Crippen LogP contribution is 2.50. The monoisotopic (exact) mass is 438 g/mol. The zero-order valence-electron chi connectivity index (χ0n) is 20.3. The van der Waals surface area contributed by atoms with Crippen molar-refractivity contribution in [1.29, 1.82) is 0 Å². The Kier molecular flexibility index (Phi) is 7.77. The van der Waals surface area contributed by atoms with E-state index >= 15 is 0 Å². The number of ether oxygens (including phenoxy) is 1. The fraction of sp³-hybridized carbons (Fsp3) is 0.960. The number of aliphatic hydroxyl groups excluding tert-OH is 2. The van der Waals surface area contributed by atoms with Crippen LogP contribution < -0.4 is 5.32 Å². The van der Waals surface area contributed by atoms with Gasteiger partial charge in [-0.3, -0.25) is 9.69 Å². The molecular formula is C25H46N2O4. The highest BCUT2D eigenvalue weighted by atomic mass is 16.6. The van der Waals surface area contributed by atoms with Crippen LogP contribution in [0, 0.1) is 0 Å². The molecule has 1 amide bonds. The predicted molar refractivity (Wildman–Crippen MR) is 123 cm³/mol. The van der Waals surface area contributed by atoms with Crippen LogP contribution in [-0.2, 0) is 9.53 Å². The van der Waals surface area contributed by atoms with Crippen molar-refractivity contribution in [3.8, 4) is 0 Å². The molecule has 0 aromatic heterocycles. The Bertz CT molecular complexity index is 589. The van der Waals surface area contributed by atoms with Crippen LogP contribution in [0.3, 0.4) is 0 Å². The van der Waals surface area contributed by atoms with Crippen LogP contribution in [-0.4, -0.2) is 62.7 Å². The molecule has 1 saturated carbocycles. The van der Waals surface area contributed by atoms with E-state index in [-0.39, 0.29) is 23.6 Å². The van der Waals surface area contributed by atoms with Crippen molar-refractivity contribution >= 4 is 5.91 Å². The quantitative estimate of drug-likeness (QED) is 0.623. The summed E-state index contributed by atoms with van der Waals surface area (Å²) in [4.78, 5) is 15.8. The minimum Gasteiger partial charge on any atom is -0.394 e. The van der Waals surface area contributed by atoms with Gasteiger partial charge in [0.05, 0.1) is 12.7 Å². The second-order valence-corrected chi connectivity index (χ2v) is 11.7. The molecule has 1 unspecified atom stereocenters. The number of rotatable bonds is 3. The zero-order valence-corrected chi connectivity index (χ0v) is 20.3. The Morgan fingerprint density at radius 3 is 1.81 bits per heavy atom. The number of nitrogens with one attached hydrogen (secondary N) is 1. The first-order valence-corrected chi connectivity index (χ1v) is 12.6. The Morgan fingerprint density at radius 2 is 1.35 bits per heavy atom. The van der Waals surface area contributed by atoms with Crippen LogP contribution in [0.5, 0.6) is 0 Å². The zero-order chi connectivity index (χ0) is 22.8. The van der Waals surface area contributed by atoms with Gasteiger partial charge < -0.3 is 20.3 Å². The van der Waals surface area contributed by atoms with Crippen molar-refractivity contribution < 1.29 is 19.7 Å². The molecule has 3 fully saturated rings. The lowest BCUT2D eigenvalue weighted by molar-refractivity contribution is -0.194. The van der Waals surface area contributed by atoms with E-state index < -0.39 is 17.4 Å². The van der Waals surface area contributed by atoms with Gasteiger partial charge in [-0.25, -0.2) is 0 Å². The van der Waals surface area contributed by atoms with Crippen LogP contribution in [0.4, 0.5) is 0 Å². The molecule has 2 saturated heterocycles. The number of carbonyl (C=O) groups excluding carboxylic acids is 1. The maximum Gasteiger partial charge on any atom is 0.254 e. The Hall–Kier alpha value is -0.690. The predicted octanol–water partition coefficient (Wildman–Crippen LogP) is 3.88. The first-order chi connectivity index (χ1) is 14.5. The molecule has 0 radical (unpaired) electrons. The average Bonchev–Trinajstić information content (AvgIpc) is 2.91. The van der Waals surface area contributed by atoms with E-state index in [2.05, 4.69) is 37.9 Å². The summed E-state index contributed by atoms with van der Waals surface area (Å²) < 4.78 is 6.89. The summed E-state index contributed by atoms with van der Waals surface area (Å²) in [5.74, 6) is 0.0445. The topological polar surface area (TPSA) is 82.0 Å². The normalized spacial score (nSPS) is 29.8. The third kappa shape index (κ3) is 5.63. The van der Waals surface area contributed by atoms with Gasteiger partial charge in [0.25, 0.3) is 5.91 Å². The molecule has 0 aromatic rings. The number of likely N-dealkylation sites (tertiary alicyclic amines) is 1. The van der Waals surface area contributed by atoms with E-state index in [1.54, 1.807) is 0 Å². The summed E-state index contributed by atoms with van der Waals surface area (Å²) in [7, 11) is 0. The number of aliphatic hydroxyl groups is 2. The summed E-state index contributed by atoms with van der Waals surface area (Å²) in [6, 6.07) is 0. The van der Waals surface area contributed by atoms with Gasteiger partial charge in [-0.15, -0.1) is 0 Å². The van der Waals surface area contributed by atoms with E-state index in [9.17, 15) is 15.0 Å². The molecular weight excluding hydrogens is 392 g/mol. The number of amides is 1. The minimum atomic E-state index is -0.829. The smallest absolute Gasteiger partial charge is 0.254 e. The molecule has 3 N–H and O–H groups in total. The van der Waals surface area contributed by atoms with Gasteiger partial charge in [0.2, 0.25) is 0 Å². The summed E-state index contributed by atoms with van der Waals surface area (Å²) in [5, 5.41) is 22.9. The molecule has 180 valence electrons.